The van der Waals surface area contributed by atoms with Crippen LogP contribution in [-0.2, 0) is 13.1 Å². The van der Waals surface area contributed by atoms with Crippen molar-refractivity contribution in [3.63, 3.8) is 0 Å². The van der Waals surface area contributed by atoms with Crippen LogP contribution >= 0.6 is 11.8 Å². The number of halogens is 2. The fraction of sp³-hybridized carbons (Fsp3) is 0.348. The third kappa shape index (κ3) is 4.27. The van der Waals surface area contributed by atoms with Crippen LogP contribution in [0.4, 0.5) is 8.78 Å². The molecule has 2 heterocycles. The lowest BCUT2D eigenvalue weighted by Gasteiger charge is -2.18. The van der Waals surface area contributed by atoms with Gasteiger partial charge >= 0.3 is 0 Å². The summed E-state index contributed by atoms with van der Waals surface area (Å²) < 4.78 is 31.5. The molecule has 2 aromatic carbocycles. The molecular formula is C23H25F2N5S. The van der Waals surface area contributed by atoms with E-state index in [0.717, 1.165) is 23.0 Å². The summed E-state index contributed by atoms with van der Waals surface area (Å²) in [5, 5.41) is 9.08. The summed E-state index contributed by atoms with van der Waals surface area (Å²) in [6, 6.07) is 9.86. The fourth-order valence-electron chi connectivity index (χ4n) is 3.61. The first kappa shape index (κ1) is 21.6. The zero-order chi connectivity index (χ0) is 22.1. The van der Waals surface area contributed by atoms with E-state index >= 15 is 0 Å². The third-order valence-electron chi connectivity index (χ3n) is 5.16. The Bertz CT molecular complexity index is 1120. The average molecular weight is 442 g/mol. The molecule has 0 unspecified atom stereocenters. The van der Waals surface area contributed by atoms with Crippen LogP contribution < -0.4 is 0 Å². The van der Waals surface area contributed by atoms with E-state index in [9.17, 15) is 8.78 Å². The number of thioether (sulfide) groups is 1. The second-order valence-corrected chi connectivity index (χ2v) is 9.46. The summed E-state index contributed by atoms with van der Waals surface area (Å²) in [7, 11) is 2.01. The molecule has 0 saturated heterocycles. The van der Waals surface area contributed by atoms with Crippen LogP contribution in [0.15, 0.2) is 46.3 Å². The lowest BCUT2D eigenvalue weighted by molar-refractivity contribution is 0.333. The largest absolute Gasteiger partial charge is 0.299 e. The van der Waals surface area contributed by atoms with Crippen molar-refractivity contribution in [3.05, 3.63) is 70.8 Å². The minimum absolute atomic E-state index is 0.110. The summed E-state index contributed by atoms with van der Waals surface area (Å²) in [4.78, 5) is 7.76. The molecule has 8 heteroatoms. The third-order valence-corrected chi connectivity index (χ3v) is 6.16. The second kappa shape index (κ2) is 8.88. The number of benzene rings is 2. The lowest BCUT2D eigenvalue weighted by Crippen LogP contribution is -2.20. The summed E-state index contributed by atoms with van der Waals surface area (Å²) >= 11 is 1.69. The summed E-state index contributed by atoms with van der Waals surface area (Å²) in [5.41, 5.74) is 1.65. The van der Waals surface area contributed by atoms with Crippen LogP contribution in [0, 0.1) is 11.6 Å². The van der Waals surface area contributed by atoms with Gasteiger partial charge in [-0.1, -0.05) is 26.8 Å². The molecule has 0 bridgehead atoms. The molecule has 0 saturated carbocycles. The first-order valence-electron chi connectivity index (χ1n) is 10.3. The number of hydrogen-bond acceptors (Lipinski definition) is 5. The van der Waals surface area contributed by atoms with E-state index in [-0.39, 0.29) is 12.1 Å². The highest BCUT2D eigenvalue weighted by Gasteiger charge is 2.26. The summed E-state index contributed by atoms with van der Waals surface area (Å²) in [6.45, 7) is 7.95. The zero-order valence-corrected chi connectivity index (χ0v) is 18.9. The maximum Gasteiger partial charge on any atom is 0.159 e. The highest BCUT2D eigenvalue weighted by Crippen LogP contribution is 2.32. The normalized spacial score (nSPS) is 13.2. The Hall–Kier alpha value is -2.58. The zero-order valence-electron chi connectivity index (χ0n) is 18.1. The van der Waals surface area contributed by atoms with E-state index in [2.05, 4.69) is 40.9 Å². The molecule has 0 aliphatic carbocycles. The number of aliphatic imine (C=N–C) groups is 1. The molecule has 1 aliphatic rings. The van der Waals surface area contributed by atoms with Crippen molar-refractivity contribution in [2.24, 2.45) is 4.99 Å². The number of fused-ring (bicyclic) bond motifs is 3. The van der Waals surface area contributed by atoms with Crippen molar-refractivity contribution in [1.82, 2.24) is 19.7 Å². The van der Waals surface area contributed by atoms with Crippen molar-refractivity contribution >= 4 is 17.5 Å². The molecule has 5 nitrogen and oxygen atoms in total. The van der Waals surface area contributed by atoms with Crippen LogP contribution in [0.2, 0.25) is 0 Å². The van der Waals surface area contributed by atoms with Gasteiger partial charge in [-0.05, 0) is 43.9 Å². The van der Waals surface area contributed by atoms with Gasteiger partial charge in [0, 0.05) is 15.7 Å². The van der Waals surface area contributed by atoms with Gasteiger partial charge in [-0.2, -0.15) is 0 Å². The van der Waals surface area contributed by atoms with Crippen molar-refractivity contribution < 1.29 is 8.78 Å². The first-order valence-corrected chi connectivity index (χ1v) is 11.2. The monoisotopic (exact) mass is 441 g/mol. The van der Waals surface area contributed by atoms with E-state index in [0.29, 0.717) is 28.9 Å². The van der Waals surface area contributed by atoms with Gasteiger partial charge in [0.05, 0.1) is 23.5 Å². The number of rotatable bonds is 6. The van der Waals surface area contributed by atoms with Gasteiger partial charge in [-0.25, -0.2) is 8.78 Å². The Morgan fingerprint density at radius 1 is 1.13 bits per heavy atom. The minimum Gasteiger partial charge on any atom is -0.299 e. The smallest absolute Gasteiger partial charge is 0.159 e. The van der Waals surface area contributed by atoms with Gasteiger partial charge in [0.1, 0.15) is 18.2 Å². The summed E-state index contributed by atoms with van der Waals surface area (Å²) in [6.07, 6.45) is 0. The number of aromatic nitrogens is 3. The van der Waals surface area contributed by atoms with E-state index in [1.807, 2.05) is 29.8 Å². The van der Waals surface area contributed by atoms with Crippen LogP contribution in [0.3, 0.4) is 0 Å². The second-order valence-electron chi connectivity index (χ2n) is 7.81. The lowest BCUT2D eigenvalue weighted by atomic mass is 9.99. The van der Waals surface area contributed by atoms with Gasteiger partial charge in [0.15, 0.2) is 11.6 Å². The van der Waals surface area contributed by atoms with Gasteiger partial charge in [-0.3, -0.25) is 14.5 Å². The Morgan fingerprint density at radius 3 is 2.55 bits per heavy atom. The van der Waals surface area contributed by atoms with Gasteiger partial charge < -0.3 is 0 Å². The molecule has 31 heavy (non-hydrogen) atoms. The molecule has 0 N–H and O–H groups in total. The van der Waals surface area contributed by atoms with E-state index in [4.69, 9.17) is 0 Å². The highest BCUT2D eigenvalue weighted by atomic mass is 32.2. The standard InChI is InChI=1S/C23H25F2N5S/c1-5-29(4)13-21-28-27-20-12-26-23(22-17(24)7-6-8-18(22)25)16-11-15(31-14(2)3)9-10-19(16)30(20)21/h6-11,14H,5,12-13H2,1-4H3. The molecule has 0 radical (unpaired) electrons. The van der Waals surface area contributed by atoms with Crippen molar-refractivity contribution in [2.75, 3.05) is 13.6 Å². The van der Waals surface area contributed by atoms with E-state index in [1.54, 1.807) is 11.8 Å². The predicted octanol–water partition coefficient (Wildman–Crippen LogP) is 4.85. The van der Waals surface area contributed by atoms with Crippen molar-refractivity contribution in [3.8, 4) is 5.69 Å². The molecular weight excluding hydrogens is 416 g/mol. The maximum absolute atomic E-state index is 14.8. The fourth-order valence-corrected chi connectivity index (χ4v) is 4.48. The Balaban J connectivity index is 1.93. The van der Waals surface area contributed by atoms with Gasteiger partial charge in [0.2, 0.25) is 0 Å². The van der Waals surface area contributed by atoms with Crippen molar-refractivity contribution in [2.45, 2.75) is 44.0 Å². The van der Waals surface area contributed by atoms with Gasteiger partial charge in [-0.15, -0.1) is 22.0 Å². The molecule has 1 aromatic heterocycles. The molecule has 4 rings (SSSR count). The Kier molecular flexibility index (Phi) is 6.20. The van der Waals surface area contributed by atoms with Crippen LogP contribution in [0.5, 0.6) is 0 Å². The SMILES string of the molecule is CCN(C)Cc1nnc2n1-c1ccc(SC(C)C)cc1C(c1c(F)cccc1F)=NC2. The minimum atomic E-state index is -0.629. The molecule has 0 spiro atoms. The molecule has 3 aromatic rings. The predicted molar refractivity (Wildman–Crippen MR) is 120 cm³/mol. The summed E-state index contributed by atoms with van der Waals surface area (Å²) in [5.74, 6) is 0.164. The number of nitrogens with zero attached hydrogens (tertiary/aromatic N) is 5. The van der Waals surface area contributed by atoms with E-state index in [1.165, 1.54) is 18.2 Å². The average Bonchev–Trinajstić information content (AvgIpc) is 3.04. The van der Waals surface area contributed by atoms with Crippen LogP contribution in [-0.4, -0.2) is 44.2 Å². The molecule has 0 fully saturated rings. The molecule has 1 aliphatic heterocycles. The highest BCUT2D eigenvalue weighted by molar-refractivity contribution is 7.99. The van der Waals surface area contributed by atoms with Crippen LogP contribution in [0.1, 0.15) is 43.5 Å². The van der Waals surface area contributed by atoms with E-state index < -0.39 is 11.6 Å². The number of hydrogen-bond donors (Lipinski definition) is 0. The topological polar surface area (TPSA) is 46.3 Å². The molecule has 162 valence electrons. The quantitative estimate of drug-likeness (QED) is 0.513. The molecule has 0 amide bonds. The molecule has 0 atom stereocenters. The van der Waals surface area contributed by atoms with Gasteiger partial charge in [0.25, 0.3) is 0 Å². The van der Waals surface area contributed by atoms with Crippen molar-refractivity contribution in [1.29, 1.82) is 0 Å². The Morgan fingerprint density at radius 2 is 1.87 bits per heavy atom. The Labute approximate surface area is 185 Å². The first-order chi connectivity index (χ1) is 14.9. The van der Waals surface area contributed by atoms with Crippen LogP contribution in [0.25, 0.3) is 5.69 Å². The maximum atomic E-state index is 14.8.